The Bertz CT molecular complexity index is 639. The van der Waals surface area contributed by atoms with Crippen LogP contribution in [0.4, 0.5) is 0 Å². The lowest BCUT2D eigenvalue weighted by molar-refractivity contribution is 0.174. The first-order valence-corrected chi connectivity index (χ1v) is 7.35. The van der Waals surface area contributed by atoms with Crippen LogP contribution in [-0.2, 0) is 0 Å². The first kappa shape index (κ1) is 14.0. The van der Waals surface area contributed by atoms with Crippen molar-refractivity contribution < 1.29 is 9.47 Å². The minimum atomic E-state index is 0.245. The van der Waals surface area contributed by atoms with Crippen LogP contribution in [0, 0.1) is 6.92 Å². The SMILES string of the molecule is Cc1cccc(C(C)NC(C)c2ccc3c(c2)OCO3)c1. The average Bonchev–Trinajstić information content (AvgIpc) is 2.94. The van der Waals surface area contributed by atoms with Crippen LogP contribution in [0.2, 0.25) is 0 Å². The van der Waals surface area contributed by atoms with Gasteiger partial charge in [-0.2, -0.15) is 0 Å². The summed E-state index contributed by atoms with van der Waals surface area (Å²) in [6, 6.07) is 15.3. The van der Waals surface area contributed by atoms with Gasteiger partial charge in [0.25, 0.3) is 0 Å². The van der Waals surface area contributed by atoms with Gasteiger partial charge in [0.15, 0.2) is 11.5 Å². The van der Waals surface area contributed by atoms with Gasteiger partial charge in [-0.3, -0.25) is 0 Å². The van der Waals surface area contributed by atoms with Gasteiger partial charge in [-0.15, -0.1) is 0 Å². The molecule has 3 heteroatoms. The number of ether oxygens (including phenoxy) is 2. The largest absolute Gasteiger partial charge is 0.454 e. The van der Waals surface area contributed by atoms with Crippen LogP contribution in [0.3, 0.4) is 0 Å². The second kappa shape index (κ2) is 5.78. The molecular weight excluding hydrogens is 262 g/mol. The summed E-state index contributed by atoms with van der Waals surface area (Å²) in [5.41, 5.74) is 3.80. The first-order valence-electron chi connectivity index (χ1n) is 7.35. The second-order valence-corrected chi connectivity index (χ2v) is 5.64. The predicted molar refractivity (Wildman–Crippen MR) is 83.7 cm³/mol. The van der Waals surface area contributed by atoms with Crippen molar-refractivity contribution in [1.29, 1.82) is 0 Å². The van der Waals surface area contributed by atoms with Gasteiger partial charge < -0.3 is 14.8 Å². The van der Waals surface area contributed by atoms with E-state index in [0.717, 1.165) is 11.5 Å². The van der Waals surface area contributed by atoms with Crippen molar-refractivity contribution in [2.45, 2.75) is 32.9 Å². The molecule has 2 unspecified atom stereocenters. The minimum absolute atomic E-state index is 0.245. The van der Waals surface area contributed by atoms with Gasteiger partial charge in [0.1, 0.15) is 0 Å². The Kier molecular flexibility index (Phi) is 3.84. The molecule has 2 aromatic carbocycles. The van der Waals surface area contributed by atoms with E-state index in [1.165, 1.54) is 16.7 Å². The molecule has 21 heavy (non-hydrogen) atoms. The maximum atomic E-state index is 5.44. The molecule has 110 valence electrons. The Morgan fingerprint density at radius 1 is 0.905 bits per heavy atom. The van der Waals surface area contributed by atoms with Gasteiger partial charge in [-0.1, -0.05) is 35.9 Å². The third-order valence-corrected chi connectivity index (χ3v) is 3.94. The van der Waals surface area contributed by atoms with E-state index in [1.54, 1.807) is 0 Å². The fourth-order valence-corrected chi connectivity index (χ4v) is 2.69. The highest BCUT2D eigenvalue weighted by molar-refractivity contribution is 5.45. The highest BCUT2D eigenvalue weighted by Crippen LogP contribution is 2.34. The standard InChI is InChI=1S/C18H21NO2/c1-12-5-4-6-15(9-12)13(2)19-14(3)16-7-8-17-18(10-16)21-11-20-17/h4-10,13-14,19H,11H2,1-3H3. The molecule has 0 amide bonds. The quantitative estimate of drug-likeness (QED) is 0.915. The maximum Gasteiger partial charge on any atom is 0.231 e. The second-order valence-electron chi connectivity index (χ2n) is 5.64. The predicted octanol–water partition coefficient (Wildman–Crippen LogP) is 4.14. The molecule has 0 aromatic heterocycles. The summed E-state index contributed by atoms with van der Waals surface area (Å²) in [7, 11) is 0. The van der Waals surface area contributed by atoms with Crippen molar-refractivity contribution in [1.82, 2.24) is 5.32 Å². The molecule has 0 saturated heterocycles. The number of aryl methyl sites for hydroxylation is 1. The third kappa shape index (κ3) is 3.03. The van der Waals surface area contributed by atoms with E-state index in [4.69, 9.17) is 9.47 Å². The number of hydrogen-bond donors (Lipinski definition) is 1. The molecule has 1 aliphatic heterocycles. The summed E-state index contributed by atoms with van der Waals surface area (Å²) in [5.74, 6) is 1.67. The summed E-state index contributed by atoms with van der Waals surface area (Å²) in [4.78, 5) is 0. The Balaban J connectivity index is 1.72. The van der Waals surface area contributed by atoms with E-state index < -0.39 is 0 Å². The van der Waals surface area contributed by atoms with Crippen molar-refractivity contribution in [3.8, 4) is 11.5 Å². The molecule has 0 radical (unpaired) electrons. The number of fused-ring (bicyclic) bond motifs is 1. The normalized spacial score (nSPS) is 15.8. The summed E-state index contributed by atoms with van der Waals surface area (Å²) >= 11 is 0. The van der Waals surface area contributed by atoms with E-state index in [9.17, 15) is 0 Å². The van der Waals surface area contributed by atoms with Crippen molar-refractivity contribution >= 4 is 0 Å². The van der Waals surface area contributed by atoms with Crippen molar-refractivity contribution in [2.24, 2.45) is 0 Å². The molecule has 3 nitrogen and oxygen atoms in total. The molecule has 0 fully saturated rings. The number of benzene rings is 2. The molecule has 0 spiro atoms. The highest BCUT2D eigenvalue weighted by atomic mass is 16.7. The van der Waals surface area contributed by atoms with Crippen LogP contribution in [-0.4, -0.2) is 6.79 Å². The minimum Gasteiger partial charge on any atom is -0.454 e. The monoisotopic (exact) mass is 283 g/mol. The van der Waals surface area contributed by atoms with Crippen LogP contribution in [0.5, 0.6) is 11.5 Å². The number of hydrogen-bond acceptors (Lipinski definition) is 3. The van der Waals surface area contributed by atoms with Crippen LogP contribution in [0.1, 0.15) is 42.6 Å². The van der Waals surface area contributed by atoms with Crippen LogP contribution < -0.4 is 14.8 Å². The molecule has 2 atom stereocenters. The third-order valence-electron chi connectivity index (χ3n) is 3.94. The highest BCUT2D eigenvalue weighted by Gasteiger charge is 2.17. The fourth-order valence-electron chi connectivity index (χ4n) is 2.69. The Hall–Kier alpha value is -2.00. The lowest BCUT2D eigenvalue weighted by Crippen LogP contribution is -2.22. The molecule has 1 aliphatic rings. The molecular formula is C18H21NO2. The van der Waals surface area contributed by atoms with E-state index in [-0.39, 0.29) is 6.04 Å². The van der Waals surface area contributed by atoms with Gasteiger partial charge in [0, 0.05) is 12.1 Å². The Morgan fingerprint density at radius 2 is 1.62 bits per heavy atom. The van der Waals surface area contributed by atoms with E-state index >= 15 is 0 Å². The summed E-state index contributed by atoms with van der Waals surface area (Å²) in [6.07, 6.45) is 0. The van der Waals surface area contributed by atoms with E-state index in [0.29, 0.717) is 12.8 Å². The van der Waals surface area contributed by atoms with Crippen LogP contribution >= 0.6 is 0 Å². The molecule has 0 saturated carbocycles. The van der Waals surface area contributed by atoms with E-state index in [1.807, 2.05) is 6.07 Å². The van der Waals surface area contributed by atoms with E-state index in [2.05, 4.69) is 62.5 Å². The van der Waals surface area contributed by atoms with Crippen molar-refractivity contribution in [3.63, 3.8) is 0 Å². The maximum absolute atomic E-state index is 5.44. The van der Waals surface area contributed by atoms with Crippen LogP contribution in [0.25, 0.3) is 0 Å². The molecule has 0 aliphatic carbocycles. The lowest BCUT2D eigenvalue weighted by Gasteiger charge is -2.21. The molecule has 2 aromatic rings. The fraction of sp³-hybridized carbons (Fsp3) is 0.333. The van der Waals surface area contributed by atoms with Crippen LogP contribution in [0.15, 0.2) is 42.5 Å². The summed E-state index contributed by atoms with van der Waals surface area (Å²) in [6.45, 7) is 6.81. The van der Waals surface area contributed by atoms with Gasteiger partial charge in [0.05, 0.1) is 0 Å². The molecule has 3 rings (SSSR count). The van der Waals surface area contributed by atoms with Gasteiger partial charge in [-0.25, -0.2) is 0 Å². The molecule has 0 bridgehead atoms. The van der Waals surface area contributed by atoms with Gasteiger partial charge in [0.2, 0.25) is 6.79 Å². The summed E-state index contributed by atoms with van der Waals surface area (Å²) < 4.78 is 10.8. The van der Waals surface area contributed by atoms with Crippen molar-refractivity contribution in [3.05, 3.63) is 59.2 Å². The van der Waals surface area contributed by atoms with Gasteiger partial charge in [-0.05, 0) is 44.0 Å². The average molecular weight is 283 g/mol. The number of nitrogens with one attached hydrogen (secondary N) is 1. The zero-order valence-electron chi connectivity index (χ0n) is 12.7. The summed E-state index contributed by atoms with van der Waals surface area (Å²) in [5, 5.41) is 3.63. The Morgan fingerprint density at radius 3 is 2.38 bits per heavy atom. The zero-order valence-corrected chi connectivity index (χ0v) is 12.7. The van der Waals surface area contributed by atoms with Gasteiger partial charge >= 0.3 is 0 Å². The molecule has 1 heterocycles. The Labute approximate surface area is 125 Å². The smallest absolute Gasteiger partial charge is 0.231 e. The topological polar surface area (TPSA) is 30.5 Å². The number of rotatable bonds is 4. The van der Waals surface area contributed by atoms with Crippen molar-refractivity contribution in [2.75, 3.05) is 6.79 Å². The zero-order chi connectivity index (χ0) is 14.8. The lowest BCUT2D eigenvalue weighted by atomic mass is 10.0. The molecule has 1 N–H and O–H groups in total. The first-order chi connectivity index (χ1) is 10.1.